The van der Waals surface area contributed by atoms with E-state index in [1.807, 2.05) is 0 Å². The third kappa shape index (κ3) is 4.66. The highest BCUT2D eigenvalue weighted by Gasteiger charge is 2.41. The molecule has 150 valence electrons. The minimum Gasteiger partial charge on any atom is -0.497 e. The molecule has 2 N–H and O–H groups in total. The molecule has 0 aliphatic carbocycles. The molecule has 5 nitrogen and oxygen atoms in total. The van der Waals surface area contributed by atoms with Gasteiger partial charge >= 0.3 is 0 Å². The summed E-state index contributed by atoms with van der Waals surface area (Å²) in [4.78, 5) is 14.3. The van der Waals surface area contributed by atoms with Gasteiger partial charge < -0.3 is 20.1 Å². The average Bonchev–Trinajstić information content (AvgIpc) is 2.67. The van der Waals surface area contributed by atoms with E-state index in [1.54, 1.807) is 18.2 Å². The number of carbonyl (C=O) groups is 1. The molecule has 1 atom stereocenters. The van der Waals surface area contributed by atoms with Crippen LogP contribution in [-0.4, -0.2) is 41.7 Å². The van der Waals surface area contributed by atoms with Crippen molar-refractivity contribution in [3.05, 3.63) is 65.2 Å². The van der Waals surface area contributed by atoms with Gasteiger partial charge in [-0.2, -0.15) is 0 Å². The molecule has 0 radical (unpaired) electrons. The predicted octanol–water partition coefficient (Wildman–Crippen LogP) is 2.62. The van der Waals surface area contributed by atoms with Crippen LogP contribution in [0.4, 0.5) is 8.78 Å². The lowest BCUT2D eigenvalue weighted by molar-refractivity contribution is -0.157. The summed E-state index contributed by atoms with van der Waals surface area (Å²) in [7, 11) is 1.49. The van der Waals surface area contributed by atoms with E-state index in [4.69, 9.17) is 4.74 Å². The fraction of sp³-hybridized carbons (Fsp3) is 0.381. The Morgan fingerprint density at radius 3 is 2.82 bits per heavy atom. The summed E-state index contributed by atoms with van der Waals surface area (Å²) in [6, 6.07) is 10.5. The maximum Gasteiger partial charge on any atom is 0.256 e. The molecule has 1 aliphatic rings. The third-order valence-corrected chi connectivity index (χ3v) is 4.95. The molecular weight excluding hydrogens is 366 g/mol. The van der Waals surface area contributed by atoms with Crippen molar-refractivity contribution in [2.24, 2.45) is 0 Å². The standard InChI is InChI=1S/C21H24F2N2O3/c1-28-18-6-7-19(23)16(11-18)13-25-9-3-8-21(27,20(25)26)14-24-12-15-4-2-5-17(22)10-15/h2,4-7,10-11,24,27H,3,8-9,12-14H2,1H3/t21-/m1/s1. The molecule has 1 saturated heterocycles. The quantitative estimate of drug-likeness (QED) is 0.763. The third-order valence-electron chi connectivity index (χ3n) is 4.95. The highest BCUT2D eigenvalue weighted by Crippen LogP contribution is 2.26. The van der Waals surface area contributed by atoms with Crippen molar-refractivity contribution in [3.8, 4) is 5.75 Å². The number of hydrogen-bond donors (Lipinski definition) is 2. The summed E-state index contributed by atoms with van der Waals surface area (Å²) < 4.78 is 32.5. The van der Waals surface area contributed by atoms with Gasteiger partial charge in [0.1, 0.15) is 17.4 Å². The Morgan fingerprint density at radius 2 is 2.07 bits per heavy atom. The summed E-state index contributed by atoms with van der Waals surface area (Å²) >= 11 is 0. The van der Waals surface area contributed by atoms with Crippen molar-refractivity contribution in [3.63, 3.8) is 0 Å². The number of hydrogen-bond acceptors (Lipinski definition) is 4. The first kappa shape index (κ1) is 20.2. The monoisotopic (exact) mass is 390 g/mol. The van der Waals surface area contributed by atoms with Gasteiger partial charge in [-0.05, 0) is 48.7 Å². The van der Waals surface area contributed by atoms with E-state index in [0.29, 0.717) is 37.2 Å². The van der Waals surface area contributed by atoms with E-state index in [2.05, 4.69) is 5.32 Å². The maximum atomic E-state index is 14.1. The smallest absolute Gasteiger partial charge is 0.256 e. The second-order valence-corrected chi connectivity index (χ2v) is 7.05. The van der Waals surface area contributed by atoms with E-state index in [0.717, 1.165) is 5.56 Å². The van der Waals surface area contributed by atoms with Gasteiger partial charge in [0.15, 0.2) is 5.60 Å². The lowest BCUT2D eigenvalue weighted by atomic mass is 9.91. The van der Waals surface area contributed by atoms with E-state index in [-0.39, 0.29) is 18.9 Å². The summed E-state index contributed by atoms with van der Waals surface area (Å²) in [5.74, 6) is -0.689. The molecular formula is C21H24F2N2O3. The molecule has 3 rings (SSSR count). The zero-order valence-electron chi connectivity index (χ0n) is 15.8. The number of amides is 1. The number of piperidine rings is 1. The van der Waals surface area contributed by atoms with Gasteiger partial charge in [-0.3, -0.25) is 4.79 Å². The Balaban J connectivity index is 1.64. The van der Waals surface area contributed by atoms with Crippen LogP contribution >= 0.6 is 0 Å². The van der Waals surface area contributed by atoms with Crippen molar-refractivity contribution in [1.82, 2.24) is 10.2 Å². The van der Waals surface area contributed by atoms with Crippen molar-refractivity contribution in [1.29, 1.82) is 0 Å². The molecule has 1 heterocycles. The number of aliphatic hydroxyl groups is 1. The minimum absolute atomic E-state index is 0.0411. The van der Waals surface area contributed by atoms with Crippen LogP contribution in [0.3, 0.4) is 0 Å². The molecule has 1 aliphatic heterocycles. The molecule has 2 aromatic carbocycles. The second kappa shape index (κ2) is 8.67. The average molecular weight is 390 g/mol. The molecule has 0 saturated carbocycles. The summed E-state index contributed by atoms with van der Waals surface area (Å²) in [6.07, 6.45) is 0.925. The molecule has 0 aromatic heterocycles. The Bertz CT molecular complexity index is 846. The van der Waals surface area contributed by atoms with E-state index in [9.17, 15) is 18.7 Å². The molecule has 0 unspecified atom stereocenters. The van der Waals surface area contributed by atoms with Gasteiger partial charge in [-0.1, -0.05) is 12.1 Å². The number of ether oxygens (including phenoxy) is 1. The maximum absolute atomic E-state index is 14.1. The Hall–Kier alpha value is -2.51. The van der Waals surface area contributed by atoms with E-state index >= 15 is 0 Å². The first-order valence-corrected chi connectivity index (χ1v) is 9.20. The molecule has 1 amide bonds. The number of likely N-dealkylation sites (tertiary alicyclic amines) is 1. The Labute approximate surface area is 162 Å². The molecule has 0 spiro atoms. The molecule has 28 heavy (non-hydrogen) atoms. The first-order chi connectivity index (χ1) is 13.4. The van der Waals surface area contributed by atoms with Crippen LogP contribution in [0.25, 0.3) is 0 Å². The summed E-state index contributed by atoms with van der Waals surface area (Å²) in [5.41, 5.74) is -0.507. The Kier molecular flexibility index (Phi) is 6.26. The number of carbonyl (C=O) groups excluding carboxylic acids is 1. The van der Waals surface area contributed by atoms with E-state index < -0.39 is 17.3 Å². The molecule has 0 bridgehead atoms. The van der Waals surface area contributed by atoms with Crippen molar-refractivity contribution < 1.29 is 23.4 Å². The van der Waals surface area contributed by atoms with Crippen molar-refractivity contribution in [2.75, 3.05) is 20.2 Å². The van der Waals surface area contributed by atoms with E-state index in [1.165, 1.54) is 36.3 Å². The number of nitrogens with one attached hydrogen (secondary N) is 1. The van der Waals surface area contributed by atoms with Crippen LogP contribution in [0.15, 0.2) is 42.5 Å². The van der Waals surface area contributed by atoms with Crippen LogP contribution in [0.1, 0.15) is 24.0 Å². The first-order valence-electron chi connectivity index (χ1n) is 9.20. The van der Waals surface area contributed by atoms with Crippen LogP contribution in [0.5, 0.6) is 5.75 Å². The Morgan fingerprint density at radius 1 is 1.25 bits per heavy atom. The zero-order valence-corrected chi connectivity index (χ0v) is 15.8. The predicted molar refractivity (Wildman–Crippen MR) is 101 cm³/mol. The fourth-order valence-corrected chi connectivity index (χ4v) is 3.45. The number of rotatable bonds is 7. The zero-order chi connectivity index (χ0) is 20.1. The fourth-order valence-electron chi connectivity index (χ4n) is 3.45. The van der Waals surface area contributed by atoms with Gasteiger partial charge in [-0.15, -0.1) is 0 Å². The van der Waals surface area contributed by atoms with Crippen LogP contribution in [-0.2, 0) is 17.9 Å². The number of benzene rings is 2. The van der Waals surface area contributed by atoms with Crippen LogP contribution in [0.2, 0.25) is 0 Å². The topological polar surface area (TPSA) is 61.8 Å². The number of halogens is 2. The lowest BCUT2D eigenvalue weighted by Crippen LogP contribution is -2.57. The second-order valence-electron chi connectivity index (χ2n) is 7.05. The van der Waals surface area contributed by atoms with Crippen LogP contribution < -0.4 is 10.1 Å². The summed E-state index contributed by atoms with van der Waals surface area (Å²) in [5, 5.41) is 13.9. The van der Waals surface area contributed by atoms with Crippen molar-refractivity contribution in [2.45, 2.75) is 31.5 Å². The minimum atomic E-state index is -1.57. The van der Waals surface area contributed by atoms with Gasteiger partial charge in [0.25, 0.3) is 5.91 Å². The SMILES string of the molecule is COc1ccc(F)c(CN2CCC[C@@](O)(CNCc3cccc(F)c3)C2=O)c1. The van der Waals surface area contributed by atoms with Gasteiger partial charge in [-0.25, -0.2) is 8.78 Å². The summed E-state index contributed by atoms with van der Waals surface area (Å²) in [6.45, 7) is 0.882. The van der Waals surface area contributed by atoms with Gasteiger partial charge in [0.2, 0.25) is 0 Å². The highest BCUT2D eigenvalue weighted by molar-refractivity contribution is 5.86. The lowest BCUT2D eigenvalue weighted by Gasteiger charge is -2.38. The van der Waals surface area contributed by atoms with Gasteiger partial charge in [0.05, 0.1) is 7.11 Å². The normalized spacial score (nSPS) is 19.7. The number of nitrogens with zero attached hydrogens (tertiary/aromatic N) is 1. The number of methoxy groups -OCH3 is 1. The van der Waals surface area contributed by atoms with Crippen LogP contribution in [0, 0.1) is 11.6 Å². The molecule has 7 heteroatoms. The molecule has 1 fully saturated rings. The van der Waals surface area contributed by atoms with Gasteiger partial charge in [0, 0.05) is 31.7 Å². The largest absolute Gasteiger partial charge is 0.497 e. The van der Waals surface area contributed by atoms with Crippen molar-refractivity contribution >= 4 is 5.91 Å². The molecule has 2 aromatic rings. The highest BCUT2D eigenvalue weighted by atomic mass is 19.1.